The maximum Gasteiger partial charge on any atom is 0.00315 e. The van der Waals surface area contributed by atoms with Gasteiger partial charge in [-0.25, -0.2) is 0 Å². The van der Waals surface area contributed by atoms with Crippen LogP contribution in [0.5, 0.6) is 0 Å². The number of hydrogen-bond donors (Lipinski definition) is 0. The molecule has 2 aliphatic rings. The van der Waals surface area contributed by atoms with Gasteiger partial charge in [0.15, 0.2) is 0 Å². The van der Waals surface area contributed by atoms with Gasteiger partial charge in [-0.15, -0.1) is 0 Å². The van der Waals surface area contributed by atoms with Gasteiger partial charge in [-0.2, -0.15) is 0 Å². The van der Waals surface area contributed by atoms with Crippen molar-refractivity contribution in [3.63, 3.8) is 0 Å². The maximum atomic E-state index is 3.65. The van der Waals surface area contributed by atoms with Crippen molar-refractivity contribution in [1.82, 2.24) is 0 Å². The summed E-state index contributed by atoms with van der Waals surface area (Å²) < 4.78 is 0. The molecule has 218 valence electrons. The quantitative estimate of drug-likeness (QED) is 0.176. The number of halogens is 2. The molecule has 2 atom stereocenters. The van der Waals surface area contributed by atoms with E-state index in [4.69, 9.17) is 0 Å². The third-order valence-electron chi connectivity index (χ3n) is 10.2. The highest BCUT2D eigenvalue weighted by Gasteiger charge is 2.51. The molecule has 0 bridgehead atoms. The van der Waals surface area contributed by atoms with Crippen LogP contribution in [0.4, 0.5) is 0 Å². The van der Waals surface area contributed by atoms with Crippen LogP contribution in [-0.4, -0.2) is 10.7 Å². The Morgan fingerprint density at radius 1 is 0.579 bits per heavy atom. The van der Waals surface area contributed by atoms with E-state index in [1.165, 1.54) is 64.2 Å². The zero-order valence-electron chi connectivity index (χ0n) is 27.2. The van der Waals surface area contributed by atoms with Crippen LogP contribution in [0.1, 0.15) is 154 Å². The Labute approximate surface area is 254 Å². The molecule has 3 rings (SSSR count). The van der Waals surface area contributed by atoms with Crippen LogP contribution in [0.3, 0.4) is 0 Å². The highest BCUT2D eigenvalue weighted by Crippen LogP contribution is 2.60. The van der Waals surface area contributed by atoms with E-state index in [9.17, 15) is 0 Å². The minimum atomic E-state index is 0.332. The fraction of sp³-hybridized carbons (Fsp3) is 0.833. The van der Waals surface area contributed by atoms with Crippen LogP contribution in [-0.2, 0) is 23.7 Å². The Kier molecular flexibility index (Phi) is 9.56. The molecule has 2 heteroatoms. The molecule has 0 fully saturated rings. The third-order valence-corrected chi connectivity index (χ3v) is 11.3. The van der Waals surface area contributed by atoms with E-state index in [1.807, 2.05) is 0 Å². The normalized spacial score (nSPS) is 23.5. The number of benzene rings is 1. The van der Waals surface area contributed by atoms with Crippen LogP contribution >= 0.6 is 31.9 Å². The maximum absolute atomic E-state index is 3.65. The van der Waals surface area contributed by atoms with E-state index in [-0.39, 0.29) is 0 Å². The van der Waals surface area contributed by atoms with Crippen LogP contribution in [0.2, 0.25) is 0 Å². The molecule has 0 aromatic heterocycles. The zero-order chi connectivity index (χ0) is 28.9. The predicted octanol–water partition coefficient (Wildman–Crippen LogP) is 11.9. The van der Waals surface area contributed by atoms with Gasteiger partial charge in [0.2, 0.25) is 0 Å². The first-order chi connectivity index (χ1) is 17.2. The summed E-state index contributed by atoms with van der Waals surface area (Å²) in [6.07, 6.45) is 12.9. The van der Waals surface area contributed by atoms with Crippen molar-refractivity contribution in [2.75, 3.05) is 10.7 Å². The molecule has 0 spiro atoms. The van der Waals surface area contributed by atoms with Crippen molar-refractivity contribution in [3.05, 3.63) is 33.4 Å². The second-order valence-corrected chi connectivity index (χ2v) is 19.0. The molecule has 0 amide bonds. The highest BCUT2D eigenvalue weighted by molar-refractivity contribution is 9.09. The lowest BCUT2D eigenvalue weighted by atomic mass is 9.49. The zero-order valence-corrected chi connectivity index (χ0v) is 30.4. The molecular formula is C36H60Br2. The fourth-order valence-corrected chi connectivity index (χ4v) is 10.9. The summed E-state index contributed by atoms with van der Waals surface area (Å²) in [7, 11) is 0. The largest absolute Gasteiger partial charge is 0.0928 e. The van der Waals surface area contributed by atoms with Crippen molar-refractivity contribution in [1.29, 1.82) is 0 Å². The molecule has 0 nitrogen and oxygen atoms in total. The molecule has 0 N–H and O–H groups in total. The molecule has 0 heterocycles. The van der Waals surface area contributed by atoms with Gasteiger partial charge >= 0.3 is 0 Å². The van der Waals surface area contributed by atoms with Crippen molar-refractivity contribution in [3.8, 4) is 0 Å². The van der Waals surface area contributed by atoms with Crippen molar-refractivity contribution >= 4 is 31.9 Å². The average molecular weight is 653 g/mol. The third kappa shape index (κ3) is 6.97. The van der Waals surface area contributed by atoms with Crippen LogP contribution in [0.25, 0.3) is 0 Å². The Hall–Kier alpha value is 0.180. The molecule has 0 saturated heterocycles. The molecule has 0 aliphatic heterocycles. The first kappa shape index (κ1) is 32.7. The van der Waals surface area contributed by atoms with Crippen molar-refractivity contribution < 1.29 is 0 Å². The fourth-order valence-electron chi connectivity index (χ4n) is 10.3. The number of fused-ring (bicyclic) bond motifs is 2. The lowest BCUT2D eigenvalue weighted by Gasteiger charge is -2.55. The van der Waals surface area contributed by atoms with E-state index in [0.717, 1.165) is 10.7 Å². The van der Waals surface area contributed by atoms with E-state index in [1.54, 1.807) is 33.4 Å². The van der Waals surface area contributed by atoms with E-state index in [0.29, 0.717) is 32.5 Å². The minimum Gasteiger partial charge on any atom is -0.0928 e. The van der Waals surface area contributed by atoms with Crippen LogP contribution < -0.4 is 0 Å². The Bertz CT molecular complexity index is 913. The lowest BCUT2D eigenvalue weighted by Crippen LogP contribution is -2.48. The van der Waals surface area contributed by atoms with E-state index in [2.05, 4.69) is 115 Å². The van der Waals surface area contributed by atoms with E-state index >= 15 is 0 Å². The lowest BCUT2D eigenvalue weighted by molar-refractivity contribution is 0.127. The monoisotopic (exact) mass is 650 g/mol. The molecule has 2 aliphatic carbocycles. The van der Waals surface area contributed by atoms with Gasteiger partial charge < -0.3 is 0 Å². The molecule has 1 aromatic rings. The molecule has 0 saturated carbocycles. The van der Waals surface area contributed by atoms with Crippen molar-refractivity contribution in [2.45, 2.75) is 158 Å². The summed E-state index contributed by atoms with van der Waals surface area (Å²) >= 11 is 7.29. The van der Waals surface area contributed by atoms with Gasteiger partial charge in [0.1, 0.15) is 0 Å². The first-order valence-electron chi connectivity index (χ1n) is 15.5. The smallest absolute Gasteiger partial charge is 0.00315 e. The van der Waals surface area contributed by atoms with Gasteiger partial charge in [-0.1, -0.05) is 101 Å². The van der Waals surface area contributed by atoms with Gasteiger partial charge in [0.25, 0.3) is 0 Å². The van der Waals surface area contributed by atoms with E-state index < -0.39 is 0 Å². The summed E-state index contributed by atoms with van der Waals surface area (Å²) in [6.45, 7) is 30.2. The van der Waals surface area contributed by atoms with Gasteiger partial charge in [-0.3, -0.25) is 0 Å². The highest BCUT2D eigenvalue weighted by atomic mass is 79.9. The second kappa shape index (κ2) is 11.1. The van der Waals surface area contributed by atoms with Crippen LogP contribution in [0, 0.1) is 35.5 Å². The molecule has 2 unspecified atom stereocenters. The standard InChI is InChI=1S/C36H60Br2/c1-25-27-19-36(12,24-34(9,10)22-32(5,6)16-14-18-38)30(27)26(2)28-20-35(11,29(25)28)23-33(7,8)21-31(3,4)15-13-17-37/h13-24H2,1-12H3. The topological polar surface area (TPSA) is 0 Å². The Morgan fingerprint density at radius 2 is 0.895 bits per heavy atom. The SMILES string of the molecule is Cc1c2c(c(C)c3c1C(C)(CC(C)(C)CC(C)(C)CCCBr)C3)C(C)(CC(C)(C)CC(C)(C)CCCBr)C2. The van der Waals surface area contributed by atoms with Crippen LogP contribution in [0.15, 0.2) is 0 Å². The molecular weight excluding hydrogens is 592 g/mol. The van der Waals surface area contributed by atoms with Gasteiger partial charge in [0.05, 0.1) is 0 Å². The summed E-state index contributed by atoms with van der Waals surface area (Å²) in [5.41, 5.74) is 12.4. The van der Waals surface area contributed by atoms with Crippen molar-refractivity contribution in [2.24, 2.45) is 21.7 Å². The Morgan fingerprint density at radius 3 is 1.18 bits per heavy atom. The summed E-state index contributed by atoms with van der Waals surface area (Å²) in [5.74, 6) is 0. The molecule has 0 radical (unpaired) electrons. The molecule has 38 heavy (non-hydrogen) atoms. The molecule has 1 aromatic carbocycles. The minimum absolute atomic E-state index is 0.332. The predicted molar refractivity (Wildman–Crippen MR) is 178 cm³/mol. The summed E-state index contributed by atoms with van der Waals surface area (Å²) in [5, 5.41) is 2.24. The average Bonchev–Trinajstić information content (AvgIpc) is 2.70. The van der Waals surface area contributed by atoms with Gasteiger partial charge in [-0.05, 0) is 144 Å². The Balaban J connectivity index is 1.81. The summed E-state index contributed by atoms with van der Waals surface area (Å²) in [6, 6.07) is 0. The van der Waals surface area contributed by atoms with Gasteiger partial charge in [0, 0.05) is 10.7 Å². The first-order valence-corrected chi connectivity index (χ1v) is 17.7. The second-order valence-electron chi connectivity index (χ2n) is 17.4. The number of rotatable bonds is 14. The number of alkyl halides is 2. The summed E-state index contributed by atoms with van der Waals surface area (Å²) in [4.78, 5) is 0. The number of hydrogen-bond acceptors (Lipinski definition) is 0.